The molecule has 7 rings (SSSR count). The van der Waals surface area contributed by atoms with Crippen LogP contribution in [-0.4, -0.2) is 66.4 Å². The van der Waals surface area contributed by atoms with Crippen LogP contribution in [0.5, 0.6) is 11.5 Å². The third kappa shape index (κ3) is 6.16. The number of nitrogens with one attached hydrogen (secondary N) is 1. The highest BCUT2D eigenvalue weighted by Crippen LogP contribution is 2.37. The van der Waals surface area contributed by atoms with Crippen LogP contribution in [0.15, 0.2) is 100 Å². The van der Waals surface area contributed by atoms with Gasteiger partial charge in [-0.1, -0.05) is 47.7 Å². The molecule has 2 amide bonds. The molecule has 0 bridgehead atoms. The lowest BCUT2D eigenvalue weighted by Crippen LogP contribution is -2.42. The third-order valence-corrected chi connectivity index (χ3v) is 9.79. The number of para-hydroxylation sites is 2. The van der Waals surface area contributed by atoms with Gasteiger partial charge in [0.2, 0.25) is 5.91 Å². The van der Waals surface area contributed by atoms with Crippen molar-refractivity contribution in [3.05, 3.63) is 121 Å². The molecule has 0 radical (unpaired) electrons. The van der Waals surface area contributed by atoms with Crippen LogP contribution in [0.4, 0.5) is 5.69 Å². The normalized spacial score (nSPS) is 16.3. The SMILES string of the molecule is COc1ccc([C@H]2C(C(=O)Nc3ccccc3)=C(C)N=c3s/c(=C/c4cn(CC(=O)N5CCOCC5)c5ccccc45)c(=O)n32)c(OC)c1. The van der Waals surface area contributed by atoms with Crippen LogP contribution < -0.4 is 29.7 Å². The monoisotopic (exact) mass is 677 g/mol. The van der Waals surface area contributed by atoms with E-state index >= 15 is 0 Å². The lowest BCUT2D eigenvalue weighted by atomic mass is 9.94. The summed E-state index contributed by atoms with van der Waals surface area (Å²) in [6.45, 7) is 4.14. The van der Waals surface area contributed by atoms with Gasteiger partial charge in [-0.2, -0.15) is 0 Å². The molecule has 1 N–H and O–H groups in total. The predicted molar refractivity (Wildman–Crippen MR) is 188 cm³/mol. The van der Waals surface area contributed by atoms with Gasteiger partial charge in [0.05, 0.1) is 43.2 Å². The number of carbonyl (C=O) groups is 2. The van der Waals surface area contributed by atoms with Gasteiger partial charge < -0.3 is 29.0 Å². The summed E-state index contributed by atoms with van der Waals surface area (Å²) in [6, 6.07) is 21.5. The van der Waals surface area contributed by atoms with Gasteiger partial charge in [-0.15, -0.1) is 0 Å². The number of morpholine rings is 1. The second kappa shape index (κ2) is 13.6. The Hall–Kier alpha value is -5.46. The highest BCUT2D eigenvalue weighted by Gasteiger charge is 2.34. The van der Waals surface area contributed by atoms with E-state index in [1.807, 2.05) is 70.3 Å². The number of hydrogen-bond acceptors (Lipinski definition) is 8. The Labute approximate surface area is 286 Å². The van der Waals surface area contributed by atoms with Crippen LogP contribution in [-0.2, 0) is 20.9 Å². The molecule has 0 saturated carbocycles. The topological polar surface area (TPSA) is 116 Å². The van der Waals surface area contributed by atoms with Gasteiger partial charge in [-0.25, -0.2) is 4.99 Å². The molecule has 0 aliphatic carbocycles. The van der Waals surface area contributed by atoms with Gasteiger partial charge >= 0.3 is 0 Å². The number of carbonyl (C=O) groups excluding carboxylic acids is 2. The summed E-state index contributed by atoms with van der Waals surface area (Å²) >= 11 is 1.25. The van der Waals surface area contributed by atoms with E-state index in [1.54, 1.807) is 50.0 Å². The van der Waals surface area contributed by atoms with Crippen LogP contribution >= 0.6 is 11.3 Å². The average molecular weight is 678 g/mol. The molecule has 2 aromatic heterocycles. The van der Waals surface area contributed by atoms with Crippen molar-refractivity contribution < 1.29 is 23.8 Å². The number of thiazole rings is 1. The first-order valence-electron chi connectivity index (χ1n) is 15.9. The molecule has 1 atom stereocenters. The van der Waals surface area contributed by atoms with E-state index in [0.717, 1.165) is 16.5 Å². The van der Waals surface area contributed by atoms with Crippen LogP contribution in [0.3, 0.4) is 0 Å². The lowest BCUT2D eigenvalue weighted by molar-refractivity contribution is -0.135. The fourth-order valence-corrected chi connectivity index (χ4v) is 7.43. The van der Waals surface area contributed by atoms with E-state index in [-0.39, 0.29) is 23.9 Å². The summed E-state index contributed by atoms with van der Waals surface area (Å²) in [4.78, 5) is 48.7. The second-order valence-electron chi connectivity index (χ2n) is 11.7. The van der Waals surface area contributed by atoms with E-state index in [2.05, 4.69) is 5.32 Å². The van der Waals surface area contributed by atoms with Crippen molar-refractivity contribution in [1.82, 2.24) is 14.0 Å². The lowest BCUT2D eigenvalue weighted by Gasteiger charge is -2.27. The van der Waals surface area contributed by atoms with Gasteiger partial charge in [0.15, 0.2) is 4.80 Å². The molecule has 11 nitrogen and oxygen atoms in total. The maximum absolute atomic E-state index is 14.5. The Balaban J connectivity index is 1.35. The first-order chi connectivity index (χ1) is 23.9. The summed E-state index contributed by atoms with van der Waals surface area (Å²) < 4.78 is 20.6. The number of ether oxygens (including phenoxy) is 3. The fourth-order valence-electron chi connectivity index (χ4n) is 6.39. The van der Waals surface area contributed by atoms with E-state index in [4.69, 9.17) is 19.2 Å². The minimum atomic E-state index is -0.838. The van der Waals surface area contributed by atoms with Gasteiger partial charge in [0, 0.05) is 53.1 Å². The number of aromatic nitrogens is 2. The quantitative estimate of drug-likeness (QED) is 0.268. The Kier molecular flexibility index (Phi) is 8.89. The number of amides is 2. The third-order valence-electron chi connectivity index (χ3n) is 8.81. The van der Waals surface area contributed by atoms with Crippen molar-refractivity contribution in [3.63, 3.8) is 0 Å². The summed E-state index contributed by atoms with van der Waals surface area (Å²) in [7, 11) is 3.11. The van der Waals surface area contributed by atoms with Gasteiger partial charge in [-0.3, -0.25) is 19.0 Å². The molecule has 250 valence electrons. The number of benzene rings is 3. The molecule has 12 heteroatoms. The largest absolute Gasteiger partial charge is 0.497 e. The Morgan fingerprint density at radius 3 is 2.53 bits per heavy atom. The van der Waals surface area contributed by atoms with Crippen molar-refractivity contribution in [2.75, 3.05) is 45.8 Å². The van der Waals surface area contributed by atoms with Crippen molar-refractivity contribution in [1.29, 1.82) is 0 Å². The minimum absolute atomic E-state index is 0.0141. The molecule has 4 heterocycles. The van der Waals surface area contributed by atoms with E-state index in [9.17, 15) is 14.4 Å². The second-order valence-corrected chi connectivity index (χ2v) is 12.7. The molecular formula is C37H35N5O6S. The van der Waals surface area contributed by atoms with Gasteiger partial charge in [-0.05, 0) is 43.3 Å². The van der Waals surface area contributed by atoms with Crippen molar-refractivity contribution >= 4 is 45.8 Å². The summed E-state index contributed by atoms with van der Waals surface area (Å²) in [6.07, 6.45) is 3.75. The highest BCUT2D eigenvalue weighted by molar-refractivity contribution is 7.07. The molecule has 3 aromatic carbocycles. The standard InChI is InChI=1S/C37H35N5O6S/c1-23-33(35(44)39-25-9-5-4-6-10-25)34(28-14-13-26(46-2)20-30(28)47-3)42-36(45)31(49-37(42)38-23)19-24-21-41(29-12-8-7-11-27(24)29)22-32(43)40-15-17-48-18-16-40/h4-14,19-21,34H,15-18,22H2,1-3H3,(H,39,44)/b31-19+/t34-/m0/s1. The van der Waals surface area contributed by atoms with Crippen molar-refractivity contribution in [3.8, 4) is 11.5 Å². The number of allylic oxidation sites excluding steroid dienone is 1. The smallest absolute Gasteiger partial charge is 0.271 e. The van der Waals surface area contributed by atoms with Crippen LogP contribution in [0.25, 0.3) is 17.0 Å². The number of rotatable bonds is 8. The summed E-state index contributed by atoms with van der Waals surface area (Å²) in [5, 5.41) is 3.89. The Morgan fingerprint density at radius 2 is 1.78 bits per heavy atom. The molecular weight excluding hydrogens is 643 g/mol. The predicted octanol–water partition coefficient (Wildman–Crippen LogP) is 3.70. The number of fused-ring (bicyclic) bond motifs is 2. The zero-order valence-corrected chi connectivity index (χ0v) is 28.2. The van der Waals surface area contributed by atoms with Gasteiger partial charge in [0.1, 0.15) is 24.1 Å². The van der Waals surface area contributed by atoms with Gasteiger partial charge in [0.25, 0.3) is 11.5 Å². The van der Waals surface area contributed by atoms with Crippen LogP contribution in [0.2, 0.25) is 0 Å². The van der Waals surface area contributed by atoms with E-state index in [0.29, 0.717) is 69.7 Å². The minimum Gasteiger partial charge on any atom is -0.497 e. The average Bonchev–Trinajstić information content (AvgIpc) is 3.63. The molecule has 0 unspecified atom stereocenters. The molecule has 1 fully saturated rings. The molecule has 0 spiro atoms. The van der Waals surface area contributed by atoms with Crippen LogP contribution in [0.1, 0.15) is 24.1 Å². The summed E-state index contributed by atoms with van der Waals surface area (Å²) in [5.41, 5.74) is 3.43. The summed E-state index contributed by atoms with van der Waals surface area (Å²) in [5.74, 6) is 0.678. The first kappa shape index (κ1) is 32.1. The zero-order valence-electron chi connectivity index (χ0n) is 27.3. The molecule has 49 heavy (non-hydrogen) atoms. The molecule has 5 aromatic rings. The maximum atomic E-state index is 14.5. The van der Waals surface area contributed by atoms with Crippen molar-refractivity contribution in [2.24, 2.45) is 4.99 Å². The molecule has 2 aliphatic heterocycles. The van der Waals surface area contributed by atoms with Crippen molar-refractivity contribution in [2.45, 2.75) is 19.5 Å². The number of hydrogen-bond donors (Lipinski definition) is 1. The number of nitrogens with zero attached hydrogens (tertiary/aromatic N) is 4. The van der Waals surface area contributed by atoms with E-state index in [1.165, 1.54) is 11.3 Å². The molecule has 1 saturated heterocycles. The Morgan fingerprint density at radius 1 is 1.02 bits per heavy atom. The maximum Gasteiger partial charge on any atom is 0.271 e. The molecule has 2 aliphatic rings. The Bertz CT molecular complexity index is 2280. The number of methoxy groups -OCH3 is 2. The van der Waals surface area contributed by atoms with Crippen LogP contribution in [0, 0.1) is 0 Å². The number of anilines is 1. The highest BCUT2D eigenvalue weighted by atomic mass is 32.1. The fraction of sp³-hybridized carbons (Fsp3) is 0.243. The van der Waals surface area contributed by atoms with E-state index < -0.39 is 6.04 Å². The zero-order chi connectivity index (χ0) is 34.1. The first-order valence-corrected chi connectivity index (χ1v) is 16.7.